The van der Waals surface area contributed by atoms with Crippen molar-refractivity contribution in [2.45, 2.75) is 19.6 Å². The molecule has 2 aromatic carbocycles. The summed E-state index contributed by atoms with van der Waals surface area (Å²) < 4.78 is 46.8. The van der Waals surface area contributed by atoms with Gasteiger partial charge in [-0.25, -0.2) is 18.5 Å². The molecule has 4 rings (SSSR count). The molecule has 0 radical (unpaired) electrons. The number of hydrogen-bond donors (Lipinski definition) is 5. The summed E-state index contributed by atoms with van der Waals surface area (Å²) in [6, 6.07) is 9.94. The Morgan fingerprint density at radius 3 is 2.44 bits per heavy atom. The van der Waals surface area contributed by atoms with Crippen molar-refractivity contribution in [3.05, 3.63) is 88.6 Å². The number of hydrogen-bond acceptors (Lipinski definition) is 8. The third-order valence-electron chi connectivity index (χ3n) is 6.30. The maximum absolute atomic E-state index is 14.9. The number of fused-ring (bicyclic) bond motifs is 1. The minimum absolute atomic E-state index is 0.0365. The van der Waals surface area contributed by atoms with Gasteiger partial charge in [0.2, 0.25) is 0 Å². The van der Waals surface area contributed by atoms with E-state index in [1.165, 1.54) is 57.4 Å². The Bertz CT molecular complexity index is 1960. The van der Waals surface area contributed by atoms with Crippen LogP contribution in [-0.4, -0.2) is 52.1 Å². The molecule has 0 saturated heterocycles. The van der Waals surface area contributed by atoms with Crippen molar-refractivity contribution in [2.75, 3.05) is 23.7 Å². The minimum Gasteiger partial charge on any atom is -0.394 e. The monoisotopic (exact) mass is 700 g/mol. The van der Waals surface area contributed by atoms with Crippen LogP contribution >= 0.6 is 22.6 Å². The molecule has 0 spiro atoms. The lowest BCUT2D eigenvalue weighted by molar-refractivity contribution is 0.0792. The van der Waals surface area contributed by atoms with Gasteiger partial charge in [-0.1, -0.05) is 6.07 Å². The van der Waals surface area contributed by atoms with E-state index >= 15 is 0 Å². The Hall–Kier alpha value is -3.58. The van der Waals surface area contributed by atoms with Gasteiger partial charge in [0.05, 0.1) is 42.0 Å². The van der Waals surface area contributed by atoms with Crippen molar-refractivity contribution in [3.63, 3.8) is 0 Å². The van der Waals surface area contributed by atoms with Gasteiger partial charge in [-0.3, -0.25) is 23.4 Å². The molecule has 1 atom stereocenters. The van der Waals surface area contributed by atoms with E-state index in [1.807, 2.05) is 22.6 Å². The number of aliphatic hydroxyl groups is 2. The quantitative estimate of drug-likeness (QED) is 0.160. The van der Waals surface area contributed by atoms with E-state index in [-0.39, 0.29) is 39.3 Å². The lowest BCUT2D eigenvalue weighted by Gasteiger charge is -2.21. The Labute approximate surface area is 246 Å². The number of halogens is 2. The second kappa shape index (κ2) is 11.7. The first-order chi connectivity index (χ1) is 19.3. The summed E-state index contributed by atoms with van der Waals surface area (Å²) in [5, 5.41) is 22.2. The lowest BCUT2D eigenvalue weighted by Crippen LogP contribution is -2.44. The highest BCUT2D eigenvalue weighted by Gasteiger charge is 2.25. The molecule has 0 aliphatic heterocycles. The zero-order valence-electron chi connectivity index (χ0n) is 22.0. The molecule has 2 aromatic heterocycles. The molecule has 16 heteroatoms. The normalized spacial score (nSPS) is 12.5. The van der Waals surface area contributed by atoms with Crippen molar-refractivity contribution in [2.24, 2.45) is 7.05 Å². The highest BCUT2D eigenvalue weighted by Crippen LogP contribution is 2.28. The van der Waals surface area contributed by atoms with E-state index in [2.05, 4.69) is 14.8 Å². The molecule has 0 aliphatic carbocycles. The number of rotatable bonds is 9. The smallest absolute Gasteiger partial charge is 0.337 e. The molecule has 0 bridgehead atoms. The van der Waals surface area contributed by atoms with E-state index in [0.717, 1.165) is 9.13 Å². The minimum atomic E-state index is -3.93. The first-order valence-electron chi connectivity index (χ1n) is 12.0. The molecule has 218 valence electrons. The zero-order valence-corrected chi connectivity index (χ0v) is 24.9. The van der Waals surface area contributed by atoms with Crippen LogP contribution in [0, 0.1) is 16.3 Å². The molecule has 0 unspecified atom stereocenters. The molecule has 0 amide bonds. The van der Waals surface area contributed by atoms with Gasteiger partial charge < -0.3 is 15.5 Å². The summed E-state index contributed by atoms with van der Waals surface area (Å²) >= 11 is 1.93. The van der Waals surface area contributed by atoms with E-state index in [9.17, 15) is 37.4 Å². The van der Waals surface area contributed by atoms with Crippen LogP contribution in [0.5, 0.6) is 0 Å². The van der Waals surface area contributed by atoms with Crippen LogP contribution in [0.3, 0.4) is 0 Å². The van der Waals surface area contributed by atoms with E-state index in [1.54, 1.807) is 6.07 Å². The van der Waals surface area contributed by atoms with Crippen molar-refractivity contribution >= 4 is 60.9 Å². The van der Waals surface area contributed by atoms with E-state index < -0.39 is 52.1 Å². The topological polar surface area (TPSA) is 177 Å². The molecule has 13 nitrogen and oxygen atoms in total. The highest BCUT2D eigenvalue weighted by atomic mass is 127. The summed E-state index contributed by atoms with van der Waals surface area (Å²) in [5.41, 5.74) is -2.60. The molecule has 41 heavy (non-hydrogen) atoms. The van der Waals surface area contributed by atoms with Gasteiger partial charge in [0.25, 0.3) is 21.3 Å². The van der Waals surface area contributed by atoms with Crippen molar-refractivity contribution in [1.29, 1.82) is 0 Å². The van der Waals surface area contributed by atoms with Crippen LogP contribution in [0.4, 0.5) is 21.5 Å². The third-order valence-corrected chi connectivity index (χ3v) is 8.02. The largest absolute Gasteiger partial charge is 0.394 e. The van der Waals surface area contributed by atoms with Gasteiger partial charge in [0.1, 0.15) is 16.9 Å². The van der Waals surface area contributed by atoms with Gasteiger partial charge >= 0.3 is 5.69 Å². The lowest BCUT2D eigenvalue weighted by atomic mass is 10.1. The Balaban J connectivity index is 2.15. The maximum Gasteiger partial charge on any atom is 0.337 e. The van der Waals surface area contributed by atoms with Gasteiger partial charge in [-0.05, 0) is 65.9 Å². The fourth-order valence-electron chi connectivity index (χ4n) is 4.28. The number of aromatic nitrogens is 3. The second-order valence-corrected chi connectivity index (χ2v) is 11.9. The number of benzene rings is 2. The number of nitrogens with one attached hydrogen (secondary N) is 3. The summed E-state index contributed by atoms with van der Waals surface area (Å²) in [6.45, 7) is 0.0789. The third kappa shape index (κ3) is 5.91. The SMILES string of the molecule is CNS(=O)(=O)Nc1cccc(-n2c(=O)n(C[C@@H](O)CO)c(=O)c3c(Nc4ccc(I)cc4F)c(C)c(=O)n(C)c32)c1. The second-order valence-electron chi connectivity index (χ2n) is 9.04. The van der Waals surface area contributed by atoms with Crippen LogP contribution in [0.25, 0.3) is 16.7 Å². The van der Waals surface area contributed by atoms with Crippen LogP contribution in [0.2, 0.25) is 0 Å². The number of anilines is 3. The van der Waals surface area contributed by atoms with E-state index in [0.29, 0.717) is 8.14 Å². The Morgan fingerprint density at radius 2 is 1.80 bits per heavy atom. The zero-order chi connectivity index (χ0) is 30.2. The first-order valence-corrected chi connectivity index (χ1v) is 14.6. The number of pyridine rings is 1. The molecule has 4 aromatic rings. The molecular weight excluding hydrogens is 674 g/mol. The van der Waals surface area contributed by atoms with Crippen molar-refractivity contribution in [1.82, 2.24) is 18.4 Å². The summed E-state index contributed by atoms with van der Waals surface area (Å²) in [7, 11) is -1.38. The Kier molecular flexibility index (Phi) is 8.69. The van der Waals surface area contributed by atoms with Crippen LogP contribution in [-0.2, 0) is 23.8 Å². The molecule has 0 saturated carbocycles. The Morgan fingerprint density at radius 1 is 1.10 bits per heavy atom. The summed E-state index contributed by atoms with van der Waals surface area (Å²) in [6.07, 6.45) is -1.49. The van der Waals surface area contributed by atoms with E-state index in [4.69, 9.17) is 0 Å². The molecule has 0 fully saturated rings. The standard InChI is InChI=1S/C25H26FIN6O7S/c1-13-21(29-19-8-7-14(27)9-18(19)26)20-22(31(3)23(13)36)33(25(38)32(24(20)37)11-17(35)12-34)16-6-4-5-15(10-16)30-41(39,40)28-2/h4-10,17,28-30,34-35H,11-12H2,1-3H3/t17-/m1/s1. The van der Waals surface area contributed by atoms with Gasteiger partial charge in [-0.15, -0.1) is 0 Å². The number of aliphatic hydroxyl groups excluding tert-OH is 2. The molecule has 2 heterocycles. The average molecular weight is 700 g/mol. The maximum atomic E-state index is 14.9. The fraction of sp³-hybridized carbons (Fsp3) is 0.240. The fourth-order valence-corrected chi connectivity index (χ4v) is 5.27. The average Bonchev–Trinajstić information content (AvgIpc) is 2.93. The van der Waals surface area contributed by atoms with Crippen LogP contribution in [0.15, 0.2) is 56.8 Å². The number of aryl methyl sites for hydroxylation is 1. The first kappa shape index (κ1) is 30.4. The highest BCUT2D eigenvalue weighted by molar-refractivity contribution is 14.1. The van der Waals surface area contributed by atoms with Crippen molar-refractivity contribution < 1.29 is 23.0 Å². The number of nitrogens with zero attached hydrogens (tertiary/aromatic N) is 3. The van der Waals surface area contributed by atoms with Gasteiger partial charge in [0, 0.05) is 23.2 Å². The molecular formula is C25H26FIN6O7S. The summed E-state index contributed by atoms with van der Waals surface area (Å²) in [4.78, 5) is 41.0. The predicted octanol–water partition coefficient (Wildman–Crippen LogP) is 0.876. The van der Waals surface area contributed by atoms with Gasteiger partial charge in [-0.2, -0.15) is 8.42 Å². The van der Waals surface area contributed by atoms with Crippen LogP contribution in [0.1, 0.15) is 5.56 Å². The summed E-state index contributed by atoms with van der Waals surface area (Å²) in [5.74, 6) is -0.654. The van der Waals surface area contributed by atoms with Crippen LogP contribution < -0.4 is 31.6 Å². The molecule has 5 N–H and O–H groups in total. The molecule has 0 aliphatic rings. The predicted molar refractivity (Wildman–Crippen MR) is 161 cm³/mol. The van der Waals surface area contributed by atoms with Crippen molar-refractivity contribution in [3.8, 4) is 5.69 Å². The van der Waals surface area contributed by atoms with Gasteiger partial charge in [0.15, 0.2) is 0 Å².